The van der Waals surface area contributed by atoms with Crippen molar-refractivity contribution in [1.82, 2.24) is 19.5 Å². The monoisotopic (exact) mass is 412 g/mol. The molecule has 5 nitrogen and oxygen atoms in total. The van der Waals surface area contributed by atoms with E-state index in [-0.39, 0.29) is 0 Å². The van der Waals surface area contributed by atoms with E-state index in [1.807, 2.05) is 42.5 Å². The number of furan rings is 1. The van der Waals surface area contributed by atoms with Crippen LogP contribution >= 0.6 is 0 Å². The Bertz CT molecular complexity index is 1730. The molecule has 0 saturated heterocycles. The normalized spacial score (nSPS) is 11.8. The van der Waals surface area contributed by atoms with Crippen LogP contribution in [0.1, 0.15) is 0 Å². The van der Waals surface area contributed by atoms with Crippen LogP contribution in [0.4, 0.5) is 0 Å². The molecule has 4 aromatic heterocycles. The predicted molar refractivity (Wildman–Crippen MR) is 127 cm³/mol. The molecule has 32 heavy (non-hydrogen) atoms. The summed E-state index contributed by atoms with van der Waals surface area (Å²) in [5, 5.41) is 4.25. The lowest BCUT2D eigenvalue weighted by Crippen LogP contribution is -2.02. The summed E-state index contributed by atoms with van der Waals surface area (Å²) in [7, 11) is 0. The molecule has 7 rings (SSSR count). The molecule has 7 aromatic rings. The van der Waals surface area contributed by atoms with Crippen molar-refractivity contribution < 1.29 is 4.42 Å². The molecule has 4 heterocycles. The zero-order valence-electron chi connectivity index (χ0n) is 16.9. The molecule has 0 bridgehead atoms. The van der Waals surface area contributed by atoms with Crippen LogP contribution in [-0.4, -0.2) is 19.5 Å². The highest BCUT2D eigenvalue weighted by Crippen LogP contribution is 2.37. The van der Waals surface area contributed by atoms with Gasteiger partial charge in [0.2, 0.25) is 11.7 Å². The van der Waals surface area contributed by atoms with Crippen molar-refractivity contribution in [3.63, 3.8) is 0 Å². The Kier molecular flexibility index (Phi) is 3.49. The smallest absolute Gasteiger partial charge is 0.238 e. The average molecular weight is 412 g/mol. The first-order valence-electron chi connectivity index (χ1n) is 10.5. The van der Waals surface area contributed by atoms with Crippen LogP contribution in [0.25, 0.3) is 61.1 Å². The van der Waals surface area contributed by atoms with Crippen molar-refractivity contribution in [2.45, 2.75) is 0 Å². The van der Waals surface area contributed by atoms with Gasteiger partial charge in [0.05, 0.1) is 22.1 Å². The van der Waals surface area contributed by atoms with E-state index < -0.39 is 0 Å². The lowest BCUT2D eigenvalue weighted by molar-refractivity contribution is 0.651. The first-order valence-corrected chi connectivity index (χ1v) is 10.5. The molecule has 0 aliphatic rings. The zero-order valence-corrected chi connectivity index (χ0v) is 16.9. The lowest BCUT2D eigenvalue weighted by Gasteiger charge is -2.09. The van der Waals surface area contributed by atoms with E-state index in [1.165, 1.54) is 10.8 Å². The van der Waals surface area contributed by atoms with Gasteiger partial charge in [-0.25, -0.2) is 4.98 Å². The molecule has 0 saturated carbocycles. The summed E-state index contributed by atoms with van der Waals surface area (Å²) in [4.78, 5) is 14.2. The summed E-state index contributed by atoms with van der Waals surface area (Å²) in [5.74, 6) is 0.584. The van der Waals surface area contributed by atoms with Crippen molar-refractivity contribution in [1.29, 1.82) is 0 Å². The highest BCUT2D eigenvalue weighted by molar-refractivity contribution is 6.11. The Balaban J connectivity index is 1.65. The van der Waals surface area contributed by atoms with Gasteiger partial charge in [-0.15, -0.1) is 0 Å². The van der Waals surface area contributed by atoms with Crippen molar-refractivity contribution in [2.24, 2.45) is 0 Å². The Hall–Kier alpha value is -4.51. The molecule has 0 N–H and O–H groups in total. The molecule has 0 unspecified atom stereocenters. The molecule has 0 radical (unpaired) electrons. The third-order valence-corrected chi connectivity index (χ3v) is 5.96. The molecule has 0 atom stereocenters. The molecule has 0 aliphatic carbocycles. The van der Waals surface area contributed by atoms with E-state index in [0.29, 0.717) is 11.7 Å². The van der Waals surface area contributed by atoms with Crippen molar-refractivity contribution >= 4 is 43.9 Å². The number of fused-ring (bicyclic) bond motifs is 6. The number of hydrogen-bond acceptors (Lipinski definition) is 4. The van der Waals surface area contributed by atoms with Gasteiger partial charge in [0.1, 0.15) is 5.58 Å². The van der Waals surface area contributed by atoms with Crippen LogP contribution in [0.5, 0.6) is 0 Å². The largest absolute Gasteiger partial charge is 0.437 e. The number of hydrogen-bond donors (Lipinski definition) is 0. The van der Waals surface area contributed by atoms with Gasteiger partial charge in [-0.3, -0.25) is 9.55 Å². The van der Waals surface area contributed by atoms with Gasteiger partial charge in [-0.2, -0.15) is 4.98 Å². The SMILES string of the molecule is c1ccc2c(c1)oc1nc(-n3c4ccccc4c4ccccc43)nc(-c3ccncc3)c12. The minimum Gasteiger partial charge on any atom is -0.437 e. The summed E-state index contributed by atoms with van der Waals surface area (Å²) >= 11 is 0. The fourth-order valence-corrected chi connectivity index (χ4v) is 4.57. The summed E-state index contributed by atoms with van der Waals surface area (Å²) in [6.45, 7) is 0. The van der Waals surface area contributed by atoms with Crippen LogP contribution in [0.3, 0.4) is 0 Å². The van der Waals surface area contributed by atoms with Crippen LogP contribution in [0.15, 0.2) is 102 Å². The highest BCUT2D eigenvalue weighted by Gasteiger charge is 2.20. The third kappa shape index (κ3) is 2.36. The predicted octanol–water partition coefficient (Wildman–Crippen LogP) is 6.54. The van der Waals surface area contributed by atoms with E-state index in [4.69, 9.17) is 14.4 Å². The fraction of sp³-hybridized carbons (Fsp3) is 0. The number of para-hydroxylation sites is 3. The van der Waals surface area contributed by atoms with Gasteiger partial charge in [0.15, 0.2) is 0 Å². The Morgan fingerprint density at radius 1 is 0.625 bits per heavy atom. The molecular weight excluding hydrogens is 396 g/mol. The van der Waals surface area contributed by atoms with E-state index in [9.17, 15) is 0 Å². The van der Waals surface area contributed by atoms with E-state index in [1.54, 1.807) is 12.4 Å². The lowest BCUT2D eigenvalue weighted by atomic mass is 10.1. The van der Waals surface area contributed by atoms with E-state index in [2.05, 4.69) is 52.0 Å². The molecule has 150 valence electrons. The van der Waals surface area contributed by atoms with Gasteiger partial charge in [0.25, 0.3) is 0 Å². The van der Waals surface area contributed by atoms with Crippen LogP contribution < -0.4 is 0 Å². The van der Waals surface area contributed by atoms with Crippen LogP contribution in [0.2, 0.25) is 0 Å². The van der Waals surface area contributed by atoms with Crippen LogP contribution in [-0.2, 0) is 0 Å². The zero-order chi connectivity index (χ0) is 21.1. The van der Waals surface area contributed by atoms with Crippen molar-refractivity contribution in [2.75, 3.05) is 0 Å². The Labute approximate surface area is 182 Å². The first kappa shape index (κ1) is 17.2. The van der Waals surface area contributed by atoms with Crippen molar-refractivity contribution in [3.8, 4) is 17.2 Å². The number of pyridine rings is 1. The van der Waals surface area contributed by atoms with Crippen molar-refractivity contribution in [3.05, 3.63) is 97.3 Å². The topological polar surface area (TPSA) is 56.7 Å². The summed E-state index contributed by atoms with van der Waals surface area (Å²) in [5.41, 5.74) is 5.30. The maximum absolute atomic E-state index is 6.20. The number of rotatable bonds is 2. The van der Waals surface area contributed by atoms with E-state index in [0.717, 1.165) is 38.6 Å². The summed E-state index contributed by atoms with van der Waals surface area (Å²) < 4.78 is 8.31. The molecule has 0 spiro atoms. The minimum absolute atomic E-state index is 0.574. The number of benzene rings is 3. The van der Waals surface area contributed by atoms with Gasteiger partial charge >= 0.3 is 0 Å². The highest BCUT2D eigenvalue weighted by atomic mass is 16.3. The Morgan fingerprint density at radius 2 is 1.25 bits per heavy atom. The fourth-order valence-electron chi connectivity index (χ4n) is 4.57. The molecule has 0 fully saturated rings. The second kappa shape index (κ2) is 6.49. The standard InChI is InChI=1S/C27H16N4O/c1-4-10-21-18(7-1)19-8-2-5-11-22(19)31(21)27-29-25(17-13-15-28-16-14-17)24-20-9-3-6-12-23(20)32-26(24)30-27/h1-16H. The molecule has 0 aliphatic heterocycles. The maximum atomic E-state index is 6.20. The van der Waals surface area contributed by atoms with Gasteiger partial charge in [0, 0.05) is 34.1 Å². The number of aromatic nitrogens is 4. The molecule has 3 aromatic carbocycles. The second-order valence-electron chi connectivity index (χ2n) is 7.76. The molecular formula is C27H16N4O. The van der Waals surface area contributed by atoms with E-state index >= 15 is 0 Å². The first-order chi connectivity index (χ1) is 15.9. The second-order valence-corrected chi connectivity index (χ2v) is 7.76. The third-order valence-electron chi connectivity index (χ3n) is 5.96. The number of nitrogens with zero attached hydrogens (tertiary/aromatic N) is 4. The van der Waals surface area contributed by atoms with Gasteiger partial charge < -0.3 is 4.42 Å². The minimum atomic E-state index is 0.574. The average Bonchev–Trinajstić information content (AvgIpc) is 3.40. The Morgan fingerprint density at radius 3 is 1.97 bits per heavy atom. The summed E-state index contributed by atoms with van der Waals surface area (Å²) in [6, 6.07) is 28.6. The molecule has 5 heteroatoms. The maximum Gasteiger partial charge on any atom is 0.238 e. The van der Waals surface area contributed by atoms with Gasteiger partial charge in [-0.1, -0.05) is 54.6 Å². The molecule has 0 amide bonds. The van der Waals surface area contributed by atoms with Crippen LogP contribution in [0, 0.1) is 0 Å². The quantitative estimate of drug-likeness (QED) is 0.324. The van der Waals surface area contributed by atoms with Gasteiger partial charge in [-0.05, 0) is 30.3 Å². The summed E-state index contributed by atoms with van der Waals surface area (Å²) in [6.07, 6.45) is 3.57.